The molecular formula is C22H23F3N2O2. The van der Waals surface area contributed by atoms with Crippen LogP contribution in [0, 0.1) is 19.8 Å². The third-order valence-corrected chi connectivity index (χ3v) is 5.16. The molecule has 154 valence electrons. The molecule has 0 bridgehead atoms. The highest BCUT2D eigenvalue weighted by atomic mass is 19.4. The number of benzene rings is 2. The lowest BCUT2D eigenvalue weighted by Gasteiger charge is -2.32. The number of halogens is 3. The van der Waals surface area contributed by atoms with E-state index in [1.54, 1.807) is 0 Å². The first-order chi connectivity index (χ1) is 13.6. The molecule has 1 aliphatic rings. The van der Waals surface area contributed by atoms with E-state index < -0.39 is 23.6 Å². The van der Waals surface area contributed by atoms with E-state index >= 15 is 0 Å². The lowest BCUT2D eigenvalue weighted by atomic mass is 9.96. The second-order valence-corrected chi connectivity index (χ2v) is 7.48. The van der Waals surface area contributed by atoms with Crippen molar-refractivity contribution in [1.29, 1.82) is 0 Å². The number of alkyl halides is 3. The zero-order chi connectivity index (χ0) is 21.2. The molecule has 29 heavy (non-hydrogen) atoms. The van der Waals surface area contributed by atoms with Gasteiger partial charge in [0, 0.05) is 24.3 Å². The Labute approximate surface area is 167 Å². The molecule has 3 rings (SSSR count). The second-order valence-electron chi connectivity index (χ2n) is 7.48. The number of nitrogens with zero attached hydrogens (tertiary/aromatic N) is 1. The lowest BCUT2D eigenvalue weighted by Crippen LogP contribution is -2.43. The number of hydrogen-bond donors (Lipinski definition) is 1. The number of nitrogens with one attached hydrogen (secondary N) is 1. The number of anilines is 1. The first-order valence-electron chi connectivity index (χ1n) is 9.50. The number of carbonyl (C=O) groups excluding carboxylic acids is 2. The Hall–Kier alpha value is -2.83. The van der Waals surface area contributed by atoms with Crippen LogP contribution in [-0.2, 0) is 11.0 Å². The van der Waals surface area contributed by atoms with Crippen molar-refractivity contribution in [2.75, 3.05) is 18.4 Å². The summed E-state index contributed by atoms with van der Waals surface area (Å²) in [6.07, 6.45) is -3.26. The van der Waals surface area contributed by atoms with Crippen molar-refractivity contribution in [3.8, 4) is 0 Å². The van der Waals surface area contributed by atoms with Crippen LogP contribution in [0.2, 0.25) is 0 Å². The molecule has 1 heterocycles. The van der Waals surface area contributed by atoms with Crippen LogP contribution in [0.5, 0.6) is 0 Å². The van der Waals surface area contributed by atoms with Crippen molar-refractivity contribution in [1.82, 2.24) is 4.90 Å². The molecule has 2 aromatic rings. The Morgan fingerprint density at radius 2 is 1.86 bits per heavy atom. The highest BCUT2D eigenvalue weighted by molar-refractivity contribution is 5.96. The van der Waals surface area contributed by atoms with Gasteiger partial charge in [-0.3, -0.25) is 9.59 Å². The van der Waals surface area contributed by atoms with Gasteiger partial charge < -0.3 is 10.2 Å². The summed E-state index contributed by atoms with van der Waals surface area (Å²) in [6, 6.07) is 10.1. The summed E-state index contributed by atoms with van der Waals surface area (Å²) in [5.41, 5.74) is 1.89. The number of likely N-dealkylation sites (tertiary alicyclic amines) is 1. The summed E-state index contributed by atoms with van der Waals surface area (Å²) in [7, 11) is 0. The van der Waals surface area contributed by atoms with E-state index in [2.05, 4.69) is 5.32 Å². The average molecular weight is 404 g/mol. The van der Waals surface area contributed by atoms with Gasteiger partial charge in [-0.2, -0.15) is 13.2 Å². The Bertz CT molecular complexity index is 925. The Balaban J connectivity index is 1.70. The average Bonchev–Trinajstić information content (AvgIpc) is 2.69. The topological polar surface area (TPSA) is 49.4 Å². The molecule has 2 amide bonds. The highest BCUT2D eigenvalue weighted by Crippen LogP contribution is 2.30. The number of amides is 2. The smallest absolute Gasteiger partial charge is 0.338 e. The van der Waals surface area contributed by atoms with Crippen molar-refractivity contribution >= 4 is 17.5 Å². The molecule has 0 radical (unpaired) electrons. The zero-order valence-corrected chi connectivity index (χ0v) is 16.3. The fourth-order valence-electron chi connectivity index (χ4n) is 3.58. The fourth-order valence-corrected chi connectivity index (χ4v) is 3.58. The normalized spacial score (nSPS) is 17.1. The lowest BCUT2D eigenvalue weighted by molar-refractivity contribution is -0.137. The van der Waals surface area contributed by atoms with Crippen LogP contribution in [0.4, 0.5) is 18.9 Å². The number of piperidine rings is 1. The van der Waals surface area contributed by atoms with Gasteiger partial charge in [-0.15, -0.1) is 0 Å². The second kappa shape index (κ2) is 8.27. The molecule has 1 N–H and O–H groups in total. The molecule has 1 saturated heterocycles. The van der Waals surface area contributed by atoms with Crippen LogP contribution in [-0.4, -0.2) is 29.8 Å². The van der Waals surface area contributed by atoms with Crippen LogP contribution in [0.1, 0.15) is 39.9 Å². The van der Waals surface area contributed by atoms with Crippen molar-refractivity contribution in [2.45, 2.75) is 32.9 Å². The minimum absolute atomic E-state index is 0.0183. The molecular weight excluding hydrogens is 381 g/mol. The maximum atomic E-state index is 12.9. The van der Waals surface area contributed by atoms with E-state index in [1.807, 2.05) is 32.0 Å². The summed E-state index contributed by atoms with van der Waals surface area (Å²) in [5.74, 6) is -1.07. The quantitative estimate of drug-likeness (QED) is 0.798. The van der Waals surface area contributed by atoms with E-state index in [4.69, 9.17) is 0 Å². The van der Waals surface area contributed by atoms with Gasteiger partial charge >= 0.3 is 6.18 Å². The van der Waals surface area contributed by atoms with Crippen molar-refractivity contribution in [3.05, 3.63) is 64.7 Å². The van der Waals surface area contributed by atoms with E-state index in [0.29, 0.717) is 19.4 Å². The van der Waals surface area contributed by atoms with E-state index in [-0.39, 0.29) is 18.0 Å². The Morgan fingerprint density at radius 1 is 1.10 bits per heavy atom. The Morgan fingerprint density at radius 3 is 2.55 bits per heavy atom. The van der Waals surface area contributed by atoms with Crippen LogP contribution in [0.15, 0.2) is 42.5 Å². The standard InChI is InChI=1S/C22H23F3N2O2/c1-14-8-9-19(15(2)11-14)26-20(28)17-6-4-10-27(13-17)21(29)16-5-3-7-18(12-16)22(23,24)25/h3,5,7-9,11-12,17H,4,6,10,13H2,1-2H3,(H,26,28)/t17-/m0/s1. The van der Waals surface area contributed by atoms with Crippen molar-refractivity contribution in [3.63, 3.8) is 0 Å². The van der Waals surface area contributed by atoms with Crippen LogP contribution < -0.4 is 5.32 Å². The number of carbonyl (C=O) groups is 2. The fraction of sp³-hybridized carbons (Fsp3) is 0.364. The molecule has 0 aromatic heterocycles. The van der Waals surface area contributed by atoms with Gasteiger partial charge in [0.25, 0.3) is 5.91 Å². The molecule has 2 aromatic carbocycles. The molecule has 7 heteroatoms. The van der Waals surface area contributed by atoms with Gasteiger partial charge in [0.15, 0.2) is 0 Å². The molecule has 1 fully saturated rings. The van der Waals surface area contributed by atoms with E-state index in [9.17, 15) is 22.8 Å². The summed E-state index contributed by atoms with van der Waals surface area (Å²) < 4.78 is 38.8. The van der Waals surface area contributed by atoms with Crippen molar-refractivity contribution < 1.29 is 22.8 Å². The number of rotatable bonds is 3. The maximum absolute atomic E-state index is 12.9. The third kappa shape index (κ3) is 4.96. The largest absolute Gasteiger partial charge is 0.416 e. The number of hydrogen-bond acceptors (Lipinski definition) is 2. The molecule has 4 nitrogen and oxygen atoms in total. The van der Waals surface area contributed by atoms with Crippen molar-refractivity contribution in [2.24, 2.45) is 5.92 Å². The first kappa shape index (κ1) is 20.9. The maximum Gasteiger partial charge on any atom is 0.416 e. The van der Waals surface area contributed by atoms with Crippen LogP contribution in [0.25, 0.3) is 0 Å². The van der Waals surface area contributed by atoms with Gasteiger partial charge in [-0.1, -0.05) is 23.8 Å². The van der Waals surface area contributed by atoms with Crippen LogP contribution >= 0.6 is 0 Å². The minimum Gasteiger partial charge on any atom is -0.338 e. The Kier molecular flexibility index (Phi) is 5.96. The van der Waals surface area contributed by atoms with E-state index in [0.717, 1.165) is 28.9 Å². The van der Waals surface area contributed by atoms with E-state index in [1.165, 1.54) is 17.0 Å². The molecule has 0 spiro atoms. The summed E-state index contributed by atoms with van der Waals surface area (Å²) in [4.78, 5) is 26.9. The molecule has 0 saturated carbocycles. The SMILES string of the molecule is Cc1ccc(NC(=O)[C@H]2CCCN(C(=O)c3cccc(C(F)(F)F)c3)C2)c(C)c1. The molecule has 0 unspecified atom stereocenters. The van der Waals surface area contributed by atoms with Gasteiger partial charge in [-0.25, -0.2) is 0 Å². The molecule has 0 aliphatic carbocycles. The summed E-state index contributed by atoms with van der Waals surface area (Å²) in [6.45, 7) is 4.48. The highest BCUT2D eigenvalue weighted by Gasteiger charge is 2.33. The summed E-state index contributed by atoms with van der Waals surface area (Å²) >= 11 is 0. The molecule has 1 atom stereocenters. The molecule has 1 aliphatic heterocycles. The predicted molar refractivity (Wildman–Crippen MR) is 105 cm³/mol. The minimum atomic E-state index is -4.51. The van der Waals surface area contributed by atoms with Gasteiger partial charge in [0.2, 0.25) is 5.91 Å². The van der Waals surface area contributed by atoms with Crippen LogP contribution in [0.3, 0.4) is 0 Å². The monoisotopic (exact) mass is 404 g/mol. The summed E-state index contributed by atoms with van der Waals surface area (Å²) in [5, 5.41) is 2.91. The first-order valence-corrected chi connectivity index (χ1v) is 9.50. The number of aryl methyl sites for hydroxylation is 2. The third-order valence-electron chi connectivity index (χ3n) is 5.16. The van der Waals surface area contributed by atoms with Gasteiger partial charge in [0.05, 0.1) is 11.5 Å². The van der Waals surface area contributed by atoms with Gasteiger partial charge in [0.1, 0.15) is 0 Å². The zero-order valence-electron chi connectivity index (χ0n) is 16.3. The van der Waals surface area contributed by atoms with Gasteiger partial charge in [-0.05, 0) is 56.5 Å². The predicted octanol–water partition coefficient (Wildman–Crippen LogP) is 4.81.